The molecule has 100 valence electrons. The summed E-state index contributed by atoms with van der Waals surface area (Å²) >= 11 is 7.58. The first-order valence-electron chi connectivity index (χ1n) is 6.00. The van der Waals surface area contributed by atoms with Crippen LogP contribution in [0, 0.1) is 5.82 Å². The van der Waals surface area contributed by atoms with Crippen molar-refractivity contribution in [3.8, 4) is 0 Å². The van der Waals surface area contributed by atoms with Crippen LogP contribution in [0.4, 0.5) is 4.39 Å². The van der Waals surface area contributed by atoms with E-state index in [1.807, 2.05) is 13.1 Å². The van der Waals surface area contributed by atoms with Crippen LogP contribution in [0.3, 0.4) is 0 Å². The number of hydrogen-bond donors (Lipinski definition) is 1. The Morgan fingerprint density at radius 3 is 2.58 bits per heavy atom. The van der Waals surface area contributed by atoms with Gasteiger partial charge in [0.1, 0.15) is 5.82 Å². The quantitative estimate of drug-likeness (QED) is 0.816. The number of thioether (sulfide) groups is 1. The van der Waals surface area contributed by atoms with Crippen LogP contribution in [-0.4, -0.2) is 7.05 Å². The van der Waals surface area contributed by atoms with Crippen LogP contribution in [0.25, 0.3) is 0 Å². The van der Waals surface area contributed by atoms with Gasteiger partial charge in [0.15, 0.2) is 0 Å². The minimum Gasteiger partial charge on any atom is -0.316 e. The zero-order valence-corrected chi connectivity index (χ0v) is 12.2. The fraction of sp³-hybridized carbons (Fsp3) is 0.200. The molecule has 0 heterocycles. The summed E-state index contributed by atoms with van der Waals surface area (Å²) in [5, 5.41) is 3.33. The first kappa shape index (κ1) is 14.4. The van der Waals surface area contributed by atoms with E-state index in [4.69, 9.17) is 11.6 Å². The van der Waals surface area contributed by atoms with Gasteiger partial charge in [0, 0.05) is 17.2 Å². The molecule has 0 saturated carbocycles. The van der Waals surface area contributed by atoms with E-state index in [0.29, 0.717) is 5.75 Å². The van der Waals surface area contributed by atoms with E-state index >= 15 is 0 Å². The zero-order valence-electron chi connectivity index (χ0n) is 10.6. The summed E-state index contributed by atoms with van der Waals surface area (Å²) in [7, 11) is 1.93. The molecule has 0 aromatic heterocycles. The van der Waals surface area contributed by atoms with E-state index in [1.54, 1.807) is 17.8 Å². The zero-order chi connectivity index (χ0) is 13.7. The maximum Gasteiger partial charge on any atom is 0.142 e. The summed E-state index contributed by atoms with van der Waals surface area (Å²) < 4.78 is 13.3. The highest BCUT2D eigenvalue weighted by Gasteiger charge is 2.06. The third-order valence-corrected chi connectivity index (χ3v) is 4.21. The highest BCUT2D eigenvalue weighted by Crippen LogP contribution is 2.28. The lowest BCUT2D eigenvalue weighted by Crippen LogP contribution is -2.04. The predicted molar refractivity (Wildman–Crippen MR) is 80.2 cm³/mol. The molecule has 19 heavy (non-hydrogen) atoms. The Bertz CT molecular complexity index is 542. The van der Waals surface area contributed by atoms with Crippen molar-refractivity contribution < 1.29 is 4.39 Å². The van der Waals surface area contributed by atoms with Crippen LogP contribution in [0.1, 0.15) is 11.1 Å². The second-order valence-electron chi connectivity index (χ2n) is 4.18. The van der Waals surface area contributed by atoms with Gasteiger partial charge >= 0.3 is 0 Å². The molecule has 0 atom stereocenters. The summed E-state index contributed by atoms with van der Waals surface area (Å²) in [5.41, 5.74) is 2.07. The normalized spacial score (nSPS) is 10.7. The number of halogens is 2. The molecule has 0 fully saturated rings. The standard InChI is InChI=1S/C15H15ClFNS/c1-18-9-11-5-7-13(8-6-11)19-10-12-3-2-4-14(17)15(12)16/h2-8,18H,9-10H2,1H3. The van der Waals surface area contributed by atoms with Gasteiger partial charge in [-0.15, -0.1) is 11.8 Å². The molecule has 0 amide bonds. The van der Waals surface area contributed by atoms with Crippen LogP contribution in [0.15, 0.2) is 47.4 Å². The molecule has 1 N–H and O–H groups in total. The lowest BCUT2D eigenvalue weighted by molar-refractivity contribution is 0.627. The molecule has 0 aliphatic rings. The molecule has 0 saturated heterocycles. The first-order chi connectivity index (χ1) is 9.20. The summed E-state index contributed by atoms with van der Waals surface area (Å²) in [6.07, 6.45) is 0. The lowest BCUT2D eigenvalue weighted by Gasteiger charge is -2.06. The Hall–Kier alpha value is -1.03. The van der Waals surface area contributed by atoms with Crippen molar-refractivity contribution in [3.05, 3.63) is 64.4 Å². The molecule has 0 radical (unpaired) electrons. The lowest BCUT2D eigenvalue weighted by atomic mass is 10.2. The molecular weight excluding hydrogens is 281 g/mol. The summed E-state index contributed by atoms with van der Waals surface area (Å²) in [6.45, 7) is 0.862. The molecule has 0 aliphatic heterocycles. The second kappa shape index (κ2) is 6.94. The molecule has 2 aromatic carbocycles. The molecule has 0 aliphatic carbocycles. The van der Waals surface area contributed by atoms with Gasteiger partial charge in [-0.3, -0.25) is 0 Å². The van der Waals surface area contributed by atoms with Gasteiger partial charge < -0.3 is 5.32 Å². The third-order valence-electron chi connectivity index (χ3n) is 2.73. The van der Waals surface area contributed by atoms with E-state index < -0.39 is 0 Å². The molecule has 0 unspecified atom stereocenters. The number of nitrogens with one attached hydrogen (secondary N) is 1. The van der Waals surface area contributed by atoms with Crippen molar-refractivity contribution in [1.29, 1.82) is 0 Å². The monoisotopic (exact) mass is 295 g/mol. The van der Waals surface area contributed by atoms with Crippen molar-refractivity contribution in [2.24, 2.45) is 0 Å². The van der Waals surface area contributed by atoms with Crippen molar-refractivity contribution in [1.82, 2.24) is 5.32 Å². The fourth-order valence-corrected chi connectivity index (χ4v) is 2.89. The molecule has 0 bridgehead atoms. The van der Waals surface area contributed by atoms with Gasteiger partial charge in [-0.1, -0.05) is 35.9 Å². The van der Waals surface area contributed by atoms with Crippen LogP contribution < -0.4 is 5.32 Å². The Labute approximate surface area is 122 Å². The molecule has 2 rings (SSSR count). The summed E-state index contributed by atoms with van der Waals surface area (Å²) in [5.74, 6) is 0.311. The van der Waals surface area contributed by atoms with Gasteiger partial charge in [-0.25, -0.2) is 4.39 Å². The van der Waals surface area contributed by atoms with Crippen LogP contribution in [0.2, 0.25) is 5.02 Å². The summed E-state index contributed by atoms with van der Waals surface area (Å²) in [4.78, 5) is 1.15. The SMILES string of the molecule is CNCc1ccc(SCc2cccc(F)c2Cl)cc1. The van der Waals surface area contributed by atoms with E-state index in [2.05, 4.69) is 29.6 Å². The van der Waals surface area contributed by atoms with Gasteiger partial charge in [-0.2, -0.15) is 0 Å². The average molecular weight is 296 g/mol. The Morgan fingerprint density at radius 2 is 1.89 bits per heavy atom. The fourth-order valence-electron chi connectivity index (χ4n) is 1.73. The maximum atomic E-state index is 13.3. The van der Waals surface area contributed by atoms with Crippen LogP contribution in [0.5, 0.6) is 0 Å². The molecule has 0 spiro atoms. The smallest absolute Gasteiger partial charge is 0.142 e. The van der Waals surface area contributed by atoms with Crippen LogP contribution >= 0.6 is 23.4 Å². The molecule has 2 aromatic rings. The minimum absolute atomic E-state index is 0.224. The van der Waals surface area contributed by atoms with Gasteiger partial charge in [0.2, 0.25) is 0 Å². The third kappa shape index (κ3) is 3.96. The Balaban J connectivity index is 2.00. The Kier molecular flexibility index (Phi) is 5.25. The minimum atomic E-state index is -0.357. The van der Waals surface area contributed by atoms with E-state index in [0.717, 1.165) is 17.0 Å². The molecule has 4 heteroatoms. The number of benzene rings is 2. The highest BCUT2D eigenvalue weighted by molar-refractivity contribution is 7.98. The highest BCUT2D eigenvalue weighted by atomic mass is 35.5. The number of hydrogen-bond acceptors (Lipinski definition) is 2. The van der Waals surface area contributed by atoms with Gasteiger partial charge in [0.05, 0.1) is 5.02 Å². The van der Waals surface area contributed by atoms with Crippen molar-refractivity contribution in [2.75, 3.05) is 7.05 Å². The summed E-state index contributed by atoms with van der Waals surface area (Å²) in [6, 6.07) is 13.2. The molecule has 1 nitrogen and oxygen atoms in total. The van der Waals surface area contributed by atoms with Crippen molar-refractivity contribution in [3.63, 3.8) is 0 Å². The molecular formula is C15H15ClFNS. The largest absolute Gasteiger partial charge is 0.316 e. The second-order valence-corrected chi connectivity index (χ2v) is 5.60. The van der Waals surface area contributed by atoms with E-state index in [9.17, 15) is 4.39 Å². The van der Waals surface area contributed by atoms with E-state index in [1.165, 1.54) is 11.6 Å². The predicted octanol–water partition coefficient (Wildman–Crippen LogP) is 4.49. The topological polar surface area (TPSA) is 12.0 Å². The Morgan fingerprint density at radius 1 is 1.16 bits per heavy atom. The first-order valence-corrected chi connectivity index (χ1v) is 7.36. The maximum absolute atomic E-state index is 13.3. The van der Waals surface area contributed by atoms with Gasteiger partial charge in [-0.05, 0) is 36.4 Å². The van der Waals surface area contributed by atoms with Gasteiger partial charge in [0.25, 0.3) is 0 Å². The number of rotatable bonds is 5. The van der Waals surface area contributed by atoms with Crippen molar-refractivity contribution >= 4 is 23.4 Å². The average Bonchev–Trinajstić information content (AvgIpc) is 2.42. The van der Waals surface area contributed by atoms with Crippen molar-refractivity contribution in [2.45, 2.75) is 17.2 Å². The van der Waals surface area contributed by atoms with E-state index in [-0.39, 0.29) is 10.8 Å². The van der Waals surface area contributed by atoms with Crippen LogP contribution in [-0.2, 0) is 12.3 Å².